The smallest absolute Gasteiger partial charge is 0.275 e. The number of anilines is 2. The Morgan fingerprint density at radius 2 is 1.95 bits per heavy atom. The van der Waals surface area contributed by atoms with Gasteiger partial charge in [-0.3, -0.25) is 19.3 Å². The molecule has 1 saturated heterocycles. The summed E-state index contributed by atoms with van der Waals surface area (Å²) in [6.07, 6.45) is 5.68. The van der Waals surface area contributed by atoms with Crippen LogP contribution in [0.1, 0.15) is 40.9 Å². The van der Waals surface area contributed by atoms with Gasteiger partial charge in [-0.15, -0.1) is 0 Å². The summed E-state index contributed by atoms with van der Waals surface area (Å²) in [7, 11) is 3.49. The zero-order chi connectivity index (χ0) is 30.0. The van der Waals surface area contributed by atoms with Crippen molar-refractivity contribution in [3.05, 3.63) is 82.9 Å². The van der Waals surface area contributed by atoms with E-state index in [1.165, 1.54) is 6.20 Å². The molecule has 0 bridgehead atoms. The third-order valence-electron chi connectivity index (χ3n) is 6.80. The van der Waals surface area contributed by atoms with Crippen LogP contribution < -0.4 is 10.2 Å². The highest BCUT2D eigenvalue weighted by molar-refractivity contribution is 6.31. The summed E-state index contributed by atoms with van der Waals surface area (Å²) in [4.78, 5) is 41.5. The molecule has 218 valence electrons. The van der Waals surface area contributed by atoms with Crippen molar-refractivity contribution in [2.75, 3.05) is 30.9 Å². The van der Waals surface area contributed by atoms with E-state index < -0.39 is 29.3 Å². The van der Waals surface area contributed by atoms with E-state index >= 15 is 0 Å². The van der Waals surface area contributed by atoms with Gasteiger partial charge in [-0.25, -0.2) is 23.1 Å². The molecule has 1 atom stereocenters. The van der Waals surface area contributed by atoms with Crippen LogP contribution in [0.4, 0.5) is 24.7 Å². The van der Waals surface area contributed by atoms with Gasteiger partial charge in [-0.05, 0) is 30.5 Å². The Bertz CT molecular complexity index is 1610. The molecular weight excluding hydrogens is 573 g/mol. The van der Waals surface area contributed by atoms with Crippen molar-refractivity contribution in [3.8, 4) is 11.3 Å². The minimum atomic E-state index is -2.99. The quantitative estimate of drug-likeness (QED) is 0.310. The van der Waals surface area contributed by atoms with Crippen molar-refractivity contribution < 1.29 is 22.8 Å². The monoisotopic (exact) mass is 598 g/mol. The van der Waals surface area contributed by atoms with Gasteiger partial charge in [0.25, 0.3) is 12.3 Å². The van der Waals surface area contributed by atoms with Gasteiger partial charge >= 0.3 is 0 Å². The summed E-state index contributed by atoms with van der Waals surface area (Å²) in [5.74, 6) is -0.987. The number of amides is 2. The van der Waals surface area contributed by atoms with Crippen molar-refractivity contribution in [2.24, 2.45) is 0 Å². The molecule has 5 rings (SSSR count). The van der Waals surface area contributed by atoms with Crippen molar-refractivity contribution in [3.63, 3.8) is 0 Å². The highest BCUT2D eigenvalue weighted by atomic mass is 35.5. The van der Waals surface area contributed by atoms with Crippen molar-refractivity contribution in [2.45, 2.75) is 31.9 Å². The number of rotatable bonds is 8. The predicted molar refractivity (Wildman–Crippen MR) is 150 cm³/mol. The summed E-state index contributed by atoms with van der Waals surface area (Å²) in [6.45, 7) is 1.12. The fourth-order valence-electron chi connectivity index (χ4n) is 4.78. The van der Waals surface area contributed by atoms with Crippen LogP contribution in [0.2, 0.25) is 5.02 Å². The highest BCUT2D eigenvalue weighted by Crippen LogP contribution is 2.35. The van der Waals surface area contributed by atoms with E-state index in [-0.39, 0.29) is 28.4 Å². The molecule has 1 aliphatic heterocycles. The Labute approximate surface area is 244 Å². The third kappa shape index (κ3) is 6.05. The SMILES string of the molecule is CN(C)C(=O)C1CCCN1c1ccc(Cn2cc(NC(=O)c3cncc(-c4c(C(F)F)ccc(Cl)c4F)n3)cn2)cn1. The zero-order valence-corrected chi connectivity index (χ0v) is 23.4. The molecular formula is C28H26ClF3N8O2. The summed E-state index contributed by atoms with van der Waals surface area (Å²) < 4.78 is 43.3. The predicted octanol–water partition coefficient (Wildman–Crippen LogP) is 4.82. The topological polar surface area (TPSA) is 109 Å². The normalized spacial score (nSPS) is 14.8. The number of benzene rings is 1. The van der Waals surface area contributed by atoms with Crippen LogP contribution in [-0.4, -0.2) is 68.1 Å². The highest BCUT2D eigenvalue weighted by Gasteiger charge is 2.32. The molecule has 14 heteroatoms. The number of nitrogens with zero attached hydrogens (tertiary/aromatic N) is 7. The number of aromatic nitrogens is 5. The van der Waals surface area contributed by atoms with E-state index in [9.17, 15) is 22.8 Å². The molecule has 1 aromatic carbocycles. The summed E-state index contributed by atoms with van der Waals surface area (Å²) in [6, 6.07) is 5.59. The number of carbonyl (C=O) groups excluding carboxylic acids is 2. The standard InChI is InChI=1S/C28H26ClF3N8O2/c1-38(2)28(42)22-4-3-9-40(22)23-8-5-16(10-34-23)14-39-15-17(11-35-39)36-27(41)21-13-33-12-20(37-21)24-18(26(31)32)6-7-19(29)25(24)30/h5-8,10-13,15,22,26H,3-4,9,14H2,1-2H3,(H,36,41). The van der Waals surface area contributed by atoms with E-state index in [2.05, 4.69) is 25.4 Å². The van der Waals surface area contributed by atoms with Gasteiger partial charge in [0, 0.05) is 44.2 Å². The lowest BCUT2D eigenvalue weighted by Gasteiger charge is -2.27. The lowest BCUT2D eigenvalue weighted by Crippen LogP contribution is -2.43. The van der Waals surface area contributed by atoms with Gasteiger partial charge < -0.3 is 15.1 Å². The number of carbonyl (C=O) groups is 2. The molecule has 0 aliphatic carbocycles. The fraction of sp³-hybridized carbons (Fsp3) is 0.286. The minimum Gasteiger partial charge on any atom is -0.347 e. The first kappa shape index (κ1) is 29.0. The molecule has 0 spiro atoms. The Balaban J connectivity index is 1.26. The third-order valence-corrected chi connectivity index (χ3v) is 7.10. The number of pyridine rings is 1. The lowest BCUT2D eigenvalue weighted by molar-refractivity contribution is -0.129. The molecule has 3 aromatic heterocycles. The molecule has 1 unspecified atom stereocenters. The Morgan fingerprint density at radius 3 is 2.67 bits per heavy atom. The molecule has 0 radical (unpaired) electrons. The molecule has 42 heavy (non-hydrogen) atoms. The average molecular weight is 599 g/mol. The van der Waals surface area contributed by atoms with E-state index in [1.807, 2.05) is 17.0 Å². The van der Waals surface area contributed by atoms with Gasteiger partial charge in [0.15, 0.2) is 5.82 Å². The lowest BCUT2D eigenvalue weighted by atomic mass is 10.0. The molecule has 2 amide bonds. The van der Waals surface area contributed by atoms with Gasteiger partial charge in [0.05, 0.1) is 41.5 Å². The molecule has 10 nitrogen and oxygen atoms in total. The largest absolute Gasteiger partial charge is 0.347 e. The molecule has 4 aromatic rings. The molecule has 4 heterocycles. The van der Waals surface area contributed by atoms with Crippen LogP contribution in [0.25, 0.3) is 11.3 Å². The zero-order valence-electron chi connectivity index (χ0n) is 22.6. The number of hydrogen-bond donors (Lipinski definition) is 1. The van der Waals surface area contributed by atoms with Crippen molar-refractivity contribution >= 4 is 34.9 Å². The molecule has 1 aliphatic rings. The van der Waals surface area contributed by atoms with Gasteiger partial charge in [-0.2, -0.15) is 5.10 Å². The minimum absolute atomic E-state index is 0.0525. The van der Waals surface area contributed by atoms with Gasteiger partial charge in [0.1, 0.15) is 17.6 Å². The second-order valence-corrected chi connectivity index (χ2v) is 10.3. The maximum absolute atomic E-state index is 14.7. The van der Waals surface area contributed by atoms with E-state index in [4.69, 9.17) is 11.6 Å². The summed E-state index contributed by atoms with van der Waals surface area (Å²) >= 11 is 5.80. The van der Waals surface area contributed by atoms with Gasteiger partial charge in [-0.1, -0.05) is 23.7 Å². The first-order valence-electron chi connectivity index (χ1n) is 13.0. The Hall–Kier alpha value is -4.52. The number of likely N-dealkylation sites (N-methyl/N-ethyl adjacent to an activating group) is 1. The van der Waals surface area contributed by atoms with Crippen molar-refractivity contribution in [1.29, 1.82) is 0 Å². The number of nitrogens with one attached hydrogen (secondary N) is 1. The Kier molecular flexibility index (Phi) is 8.39. The van der Waals surface area contributed by atoms with Crippen LogP contribution in [-0.2, 0) is 11.3 Å². The van der Waals surface area contributed by atoms with E-state index in [0.717, 1.165) is 55.3 Å². The maximum Gasteiger partial charge on any atom is 0.275 e. The van der Waals surface area contributed by atoms with Crippen LogP contribution in [0.5, 0.6) is 0 Å². The van der Waals surface area contributed by atoms with Crippen LogP contribution in [0, 0.1) is 5.82 Å². The molecule has 1 fully saturated rings. The second-order valence-electron chi connectivity index (χ2n) is 9.91. The number of halogens is 4. The molecule has 0 saturated carbocycles. The van der Waals surface area contributed by atoms with Crippen LogP contribution in [0.3, 0.4) is 0 Å². The van der Waals surface area contributed by atoms with E-state index in [0.29, 0.717) is 12.2 Å². The average Bonchev–Trinajstić information content (AvgIpc) is 3.64. The number of alkyl halides is 2. The fourth-order valence-corrected chi connectivity index (χ4v) is 4.93. The van der Waals surface area contributed by atoms with E-state index in [1.54, 1.807) is 36.1 Å². The molecule has 1 N–H and O–H groups in total. The van der Waals surface area contributed by atoms with Crippen molar-refractivity contribution in [1.82, 2.24) is 29.6 Å². The van der Waals surface area contributed by atoms with Crippen LogP contribution in [0.15, 0.2) is 55.2 Å². The first-order chi connectivity index (χ1) is 20.1. The Morgan fingerprint density at radius 1 is 1.14 bits per heavy atom. The summed E-state index contributed by atoms with van der Waals surface area (Å²) in [5.41, 5.74) is -0.400. The van der Waals surface area contributed by atoms with Crippen LogP contribution >= 0.6 is 11.6 Å². The number of hydrogen-bond acceptors (Lipinski definition) is 7. The first-order valence-corrected chi connectivity index (χ1v) is 13.3. The van der Waals surface area contributed by atoms with Gasteiger partial charge in [0.2, 0.25) is 5.91 Å². The second kappa shape index (κ2) is 12.1. The summed E-state index contributed by atoms with van der Waals surface area (Å²) in [5, 5.41) is 6.53. The maximum atomic E-state index is 14.7.